The maximum atomic E-state index is 12.6. The van der Waals surface area contributed by atoms with Crippen LogP contribution in [-0.4, -0.2) is 35.5 Å². The Morgan fingerprint density at radius 3 is 2.41 bits per heavy atom. The number of aromatic nitrogens is 1. The van der Waals surface area contributed by atoms with Crippen molar-refractivity contribution in [2.75, 3.05) is 25.0 Å². The zero-order valence-corrected chi connectivity index (χ0v) is 13.1. The lowest BCUT2D eigenvalue weighted by Crippen LogP contribution is -2.57. The van der Waals surface area contributed by atoms with Crippen molar-refractivity contribution in [3.05, 3.63) is 48.3 Å². The van der Waals surface area contributed by atoms with Gasteiger partial charge in [0.25, 0.3) is 0 Å². The summed E-state index contributed by atoms with van der Waals surface area (Å²) in [7, 11) is 2.15. The van der Waals surface area contributed by atoms with E-state index in [0.29, 0.717) is 0 Å². The monoisotopic (exact) mass is 295 g/mol. The number of amides is 1. The Bertz CT molecular complexity index is 725. The number of anilines is 1. The van der Waals surface area contributed by atoms with Crippen LogP contribution in [0, 0.1) is 0 Å². The Morgan fingerprint density at radius 2 is 1.73 bits per heavy atom. The van der Waals surface area contributed by atoms with Crippen LogP contribution in [0.5, 0.6) is 0 Å². The molecule has 1 spiro atoms. The van der Waals surface area contributed by atoms with Crippen LogP contribution >= 0.6 is 0 Å². The summed E-state index contributed by atoms with van der Waals surface area (Å²) >= 11 is 0. The van der Waals surface area contributed by atoms with Crippen molar-refractivity contribution < 1.29 is 4.79 Å². The molecule has 1 saturated heterocycles. The molecule has 2 aliphatic heterocycles. The van der Waals surface area contributed by atoms with E-state index < -0.39 is 0 Å². The molecule has 0 N–H and O–H groups in total. The first kappa shape index (κ1) is 13.6. The van der Waals surface area contributed by atoms with Gasteiger partial charge in [0.1, 0.15) is 0 Å². The second-order valence-corrected chi connectivity index (χ2v) is 6.44. The smallest absolute Gasteiger partial charge is 0.224 e. The number of para-hydroxylation sites is 2. The van der Waals surface area contributed by atoms with Crippen molar-refractivity contribution in [1.82, 2.24) is 9.47 Å². The fourth-order valence-corrected chi connectivity index (χ4v) is 4.11. The van der Waals surface area contributed by atoms with Crippen LogP contribution < -0.4 is 4.90 Å². The number of fused-ring (bicyclic) bond motifs is 4. The van der Waals surface area contributed by atoms with Crippen molar-refractivity contribution in [3.8, 4) is 5.69 Å². The molecule has 4 heteroatoms. The lowest BCUT2D eigenvalue weighted by Gasteiger charge is -2.51. The van der Waals surface area contributed by atoms with Gasteiger partial charge in [-0.1, -0.05) is 12.1 Å². The molecule has 1 fully saturated rings. The number of piperidine rings is 1. The predicted octanol–water partition coefficient (Wildman–Crippen LogP) is 2.76. The minimum Gasteiger partial charge on any atom is -0.316 e. The van der Waals surface area contributed by atoms with Gasteiger partial charge in [0.2, 0.25) is 5.91 Å². The zero-order chi connectivity index (χ0) is 15.3. The zero-order valence-electron chi connectivity index (χ0n) is 13.1. The Hall–Kier alpha value is -2.07. The highest BCUT2D eigenvalue weighted by Crippen LogP contribution is 2.47. The average Bonchev–Trinajstić information content (AvgIpc) is 3.00. The van der Waals surface area contributed by atoms with Gasteiger partial charge in [-0.25, -0.2) is 0 Å². The highest BCUT2D eigenvalue weighted by atomic mass is 16.2. The largest absolute Gasteiger partial charge is 0.316 e. The molecule has 0 radical (unpaired) electrons. The molecule has 4 rings (SSSR count). The van der Waals surface area contributed by atoms with Gasteiger partial charge in [0.05, 0.1) is 16.9 Å². The first-order valence-electron chi connectivity index (χ1n) is 7.90. The topological polar surface area (TPSA) is 28.5 Å². The third-order valence-electron chi connectivity index (χ3n) is 5.16. The van der Waals surface area contributed by atoms with Crippen molar-refractivity contribution in [2.24, 2.45) is 0 Å². The highest BCUT2D eigenvalue weighted by molar-refractivity contribution is 5.96. The van der Waals surface area contributed by atoms with Crippen LogP contribution in [0.4, 0.5) is 5.69 Å². The Balaban J connectivity index is 1.97. The summed E-state index contributed by atoms with van der Waals surface area (Å²) in [6.45, 7) is 3.71. The lowest BCUT2D eigenvalue weighted by molar-refractivity contribution is -0.118. The standard InChI is InChI=1S/C18H21N3O/c1-14(22)21-16-7-4-3-6-15(16)20-11-5-8-17(20)18(21)9-12-19(2)13-10-18/h3-8,11H,9-10,12-13H2,1-2H3. The average molecular weight is 295 g/mol. The van der Waals surface area contributed by atoms with Crippen LogP contribution in [0.25, 0.3) is 5.69 Å². The van der Waals surface area contributed by atoms with Gasteiger partial charge < -0.3 is 9.47 Å². The quantitative estimate of drug-likeness (QED) is 0.747. The predicted molar refractivity (Wildman–Crippen MR) is 87.3 cm³/mol. The van der Waals surface area contributed by atoms with Crippen LogP contribution in [0.15, 0.2) is 42.6 Å². The molecule has 2 aromatic rings. The number of carbonyl (C=O) groups excluding carboxylic acids is 1. The third-order valence-corrected chi connectivity index (χ3v) is 5.16. The Morgan fingerprint density at radius 1 is 1.05 bits per heavy atom. The molecule has 1 amide bonds. The number of nitrogens with zero attached hydrogens (tertiary/aromatic N) is 3. The van der Waals surface area contributed by atoms with E-state index in [-0.39, 0.29) is 11.4 Å². The van der Waals surface area contributed by atoms with Gasteiger partial charge in [-0.3, -0.25) is 9.69 Å². The SMILES string of the molecule is CC(=O)N1c2ccccc2-n2cccc2C12CCN(C)CC2. The molecule has 0 atom stereocenters. The molecule has 1 aromatic heterocycles. The molecular formula is C18H21N3O. The molecule has 2 aliphatic rings. The van der Waals surface area contributed by atoms with Gasteiger partial charge in [-0.2, -0.15) is 0 Å². The normalized spacial score (nSPS) is 19.8. The van der Waals surface area contributed by atoms with E-state index >= 15 is 0 Å². The molecule has 0 bridgehead atoms. The molecule has 22 heavy (non-hydrogen) atoms. The Labute approximate surface area is 130 Å². The lowest BCUT2D eigenvalue weighted by atomic mass is 9.80. The van der Waals surface area contributed by atoms with Crippen molar-refractivity contribution in [3.63, 3.8) is 0 Å². The van der Waals surface area contributed by atoms with Gasteiger partial charge in [0.15, 0.2) is 0 Å². The first-order valence-corrected chi connectivity index (χ1v) is 7.90. The fourth-order valence-electron chi connectivity index (χ4n) is 4.11. The highest BCUT2D eigenvalue weighted by Gasteiger charge is 2.48. The maximum absolute atomic E-state index is 12.6. The summed E-state index contributed by atoms with van der Waals surface area (Å²) in [5.41, 5.74) is 3.16. The summed E-state index contributed by atoms with van der Waals surface area (Å²) in [4.78, 5) is 16.9. The van der Waals surface area contributed by atoms with E-state index in [4.69, 9.17) is 0 Å². The summed E-state index contributed by atoms with van der Waals surface area (Å²) in [6, 6.07) is 12.5. The molecule has 3 heterocycles. The van der Waals surface area contributed by atoms with Gasteiger partial charge in [0, 0.05) is 31.9 Å². The molecule has 1 aromatic carbocycles. The summed E-state index contributed by atoms with van der Waals surface area (Å²) in [5.74, 6) is 0.129. The molecule has 4 nitrogen and oxygen atoms in total. The number of carbonyl (C=O) groups is 1. The number of hydrogen-bond acceptors (Lipinski definition) is 2. The molecule has 0 saturated carbocycles. The molecule has 0 aliphatic carbocycles. The van der Waals surface area contributed by atoms with Crippen LogP contribution in [0.3, 0.4) is 0 Å². The van der Waals surface area contributed by atoms with Gasteiger partial charge in [-0.05, 0) is 44.2 Å². The number of likely N-dealkylation sites (tertiary alicyclic amines) is 1. The second-order valence-electron chi connectivity index (χ2n) is 6.44. The van der Waals surface area contributed by atoms with E-state index in [0.717, 1.165) is 37.3 Å². The minimum absolute atomic E-state index is 0.129. The van der Waals surface area contributed by atoms with E-state index in [1.54, 1.807) is 6.92 Å². The molecule has 114 valence electrons. The minimum atomic E-state index is -0.212. The number of rotatable bonds is 0. The fraction of sp³-hybridized carbons (Fsp3) is 0.389. The van der Waals surface area contributed by atoms with Crippen molar-refractivity contribution in [2.45, 2.75) is 25.3 Å². The van der Waals surface area contributed by atoms with Gasteiger partial charge in [-0.15, -0.1) is 0 Å². The Kier molecular flexibility index (Phi) is 2.91. The molecular weight excluding hydrogens is 274 g/mol. The van der Waals surface area contributed by atoms with Crippen molar-refractivity contribution in [1.29, 1.82) is 0 Å². The number of hydrogen-bond donors (Lipinski definition) is 0. The van der Waals surface area contributed by atoms with Crippen LogP contribution in [0.2, 0.25) is 0 Å². The maximum Gasteiger partial charge on any atom is 0.224 e. The van der Waals surface area contributed by atoms with E-state index in [9.17, 15) is 4.79 Å². The first-order chi connectivity index (χ1) is 10.6. The van der Waals surface area contributed by atoms with E-state index in [1.807, 2.05) is 17.0 Å². The second kappa shape index (κ2) is 4.71. The summed E-state index contributed by atoms with van der Waals surface area (Å²) in [6.07, 6.45) is 4.06. The summed E-state index contributed by atoms with van der Waals surface area (Å²) in [5, 5.41) is 0. The summed E-state index contributed by atoms with van der Waals surface area (Å²) < 4.78 is 2.26. The third kappa shape index (κ3) is 1.70. The van der Waals surface area contributed by atoms with E-state index in [1.165, 1.54) is 5.69 Å². The number of benzene rings is 1. The van der Waals surface area contributed by atoms with Gasteiger partial charge >= 0.3 is 0 Å². The van der Waals surface area contributed by atoms with E-state index in [2.05, 4.69) is 47.0 Å². The van der Waals surface area contributed by atoms with Crippen LogP contribution in [-0.2, 0) is 10.3 Å². The van der Waals surface area contributed by atoms with Crippen molar-refractivity contribution >= 4 is 11.6 Å². The molecule has 0 unspecified atom stereocenters. The van der Waals surface area contributed by atoms with Crippen LogP contribution in [0.1, 0.15) is 25.5 Å².